The highest BCUT2D eigenvalue weighted by Gasteiger charge is 2.32. The average Bonchev–Trinajstić information content (AvgIpc) is 3.35. The fourth-order valence-electron chi connectivity index (χ4n) is 4.32. The first-order valence-corrected chi connectivity index (χ1v) is 11.4. The fourth-order valence-corrected chi connectivity index (χ4v) is 4.32. The first kappa shape index (κ1) is 23.1. The van der Waals surface area contributed by atoms with Crippen LogP contribution < -0.4 is 10.1 Å². The van der Waals surface area contributed by atoms with E-state index in [1.165, 1.54) is 6.07 Å². The zero-order valence-electron chi connectivity index (χ0n) is 18.7. The molecule has 182 valence electrons. The third-order valence-electron chi connectivity index (χ3n) is 6.18. The lowest BCUT2D eigenvalue weighted by Gasteiger charge is -2.28. The molecule has 0 spiro atoms. The number of hydrogen-bond donors (Lipinski definition) is 2. The normalized spacial score (nSPS) is 18.5. The van der Waals surface area contributed by atoms with Crippen molar-refractivity contribution in [3.63, 3.8) is 0 Å². The maximum atomic E-state index is 13.4. The van der Waals surface area contributed by atoms with Crippen molar-refractivity contribution in [3.05, 3.63) is 71.9 Å². The topological polar surface area (TPSA) is 84.6 Å². The van der Waals surface area contributed by atoms with Gasteiger partial charge in [0.25, 0.3) is 0 Å². The number of anilines is 1. The molecule has 1 aliphatic rings. The Morgan fingerprint density at radius 3 is 2.60 bits per heavy atom. The van der Waals surface area contributed by atoms with Crippen LogP contribution in [0.25, 0.3) is 16.8 Å². The Kier molecular flexibility index (Phi) is 6.29. The van der Waals surface area contributed by atoms with Crippen molar-refractivity contribution in [2.45, 2.75) is 50.6 Å². The third kappa shape index (κ3) is 4.93. The summed E-state index contributed by atoms with van der Waals surface area (Å²) in [7, 11) is 0. The van der Waals surface area contributed by atoms with Crippen LogP contribution >= 0.6 is 0 Å². The molecule has 0 unspecified atom stereocenters. The van der Waals surface area contributed by atoms with Gasteiger partial charge in [-0.2, -0.15) is 22.8 Å². The maximum Gasteiger partial charge on any atom is 0.416 e. The Bertz CT molecular complexity index is 1310. The molecule has 10 heteroatoms. The van der Waals surface area contributed by atoms with E-state index in [1.54, 1.807) is 16.8 Å². The minimum atomic E-state index is -4.52. The van der Waals surface area contributed by atoms with Gasteiger partial charge in [-0.15, -0.1) is 10.2 Å². The average molecular weight is 483 g/mol. The number of aliphatic hydroxyl groups excluding tert-OH is 1. The van der Waals surface area contributed by atoms with Gasteiger partial charge in [-0.05, 0) is 42.7 Å². The molecule has 0 amide bonds. The number of rotatable bonds is 6. The quantitative estimate of drug-likeness (QED) is 0.397. The van der Waals surface area contributed by atoms with E-state index in [-0.39, 0.29) is 18.4 Å². The number of nitrogens with zero attached hydrogens (tertiary/aromatic N) is 4. The summed E-state index contributed by atoms with van der Waals surface area (Å²) in [6.07, 6.45) is 0.0260. The first-order valence-electron chi connectivity index (χ1n) is 11.4. The van der Waals surface area contributed by atoms with Crippen molar-refractivity contribution in [1.82, 2.24) is 19.8 Å². The lowest BCUT2D eigenvalue weighted by Crippen LogP contribution is -2.37. The molecule has 2 heterocycles. The molecule has 1 fully saturated rings. The molecule has 1 aliphatic carbocycles. The highest BCUT2D eigenvalue weighted by molar-refractivity contribution is 5.81. The second-order valence-corrected chi connectivity index (χ2v) is 8.59. The zero-order valence-corrected chi connectivity index (χ0v) is 18.7. The van der Waals surface area contributed by atoms with Gasteiger partial charge in [0.2, 0.25) is 5.95 Å². The molecule has 0 bridgehead atoms. The highest BCUT2D eigenvalue weighted by atomic mass is 19.4. The van der Waals surface area contributed by atoms with E-state index in [9.17, 15) is 18.3 Å². The van der Waals surface area contributed by atoms with Crippen LogP contribution in [0, 0.1) is 0 Å². The van der Waals surface area contributed by atoms with E-state index in [2.05, 4.69) is 20.6 Å². The molecule has 0 radical (unpaired) electrons. The van der Waals surface area contributed by atoms with Crippen LogP contribution in [-0.4, -0.2) is 37.1 Å². The molecule has 5 rings (SSSR count). The molecule has 0 aliphatic heterocycles. The number of alkyl halides is 3. The number of halogens is 3. The molecular weight excluding hydrogens is 459 g/mol. The van der Waals surface area contributed by atoms with Gasteiger partial charge >= 0.3 is 6.18 Å². The minimum Gasteiger partial charge on any atom is -0.488 e. The van der Waals surface area contributed by atoms with E-state index >= 15 is 0 Å². The Morgan fingerprint density at radius 2 is 1.83 bits per heavy atom. The van der Waals surface area contributed by atoms with Crippen molar-refractivity contribution in [2.24, 2.45) is 0 Å². The molecule has 2 aromatic heterocycles. The van der Waals surface area contributed by atoms with Gasteiger partial charge < -0.3 is 15.2 Å². The minimum absolute atomic E-state index is 0.0458. The molecule has 1 saturated carbocycles. The number of nitrogens with one attached hydrogen (secondary N) is 1. The Hall–Kier alpha value is -3.66. The smallest absolute Gasteiger partial charge is 0.416 e. The van der Waals surface area contributed by atoms with Crippen LogP contribution in [0.4, 0.5) is 19.1 Å². The van der Waals surface area contributed by atoms with Crippen molar-refractivity contribution in [3.8, 4) is 17.0 Å². The van der Waals surface area contributed by atoms with E-state index in [4.69, 9.17) is 4.74 Å². The Morgan fingerprint density at radius 1 is 1.03 bits per heavy atom. The van der Waals surface area contributed by atoms with Crippen LogP contribution in [0.15, 0.2) is 60.8 Å². The van der Waals surface area contributed by atoms with Crippen LogP contribution in [0.1, 0.15) is 36.8 Å². The predicted molar refractivity (Wildman–Crippen MR) is 124 cm³/mol. The Balaban J connectivity index is 1.52. The van der Waals surface area contributed by atoms with Crippen molar-refractivity contribution in [1.29, 1.82) is 0 Å². The molecule has 0 saturated heterocycles. The van der Waals surface area contributed by atoms with Gasteiger partial charge in [0, 0.05) is 5.56 Å². The summed E-state index contributed by atoms with van der Waals surface area (Å²) < 4.78 is 47.8. The number of benzene rings is 2. The maximum absolute atomic E-state index is 13.4. The highest BCUT2D eigenvalue weighted by Crippen LogP contribution is 2.38. The van der Waals surface area contributed by atoms with Crippen LogP contribution in [-0.2, 0) is 12.8 Å². The SMILES string of the molecule is O[C@@H]1CCCC[C@H]1Nc1nnc(-c2ccc(C(F)(F)F)cc2OCc2ccccc2)c2ccnn12. The van der Waals surface area contributed by atoms with Gasteiger partial charge in [-0.25, -0.2) is 0 Å². The largest absolute Gasteiger partial charge is 0.488 e. The summed E-state index contributed by atoms with van der Waals surface area (Å²) in [5, 5.41) is 26.5. The van der Waals surface area contributed by atoms with Gasteiger partial charge in [0.1, 0.15) is 18.1 Å². The van der Waals surface area contributed by atoms with E-state index < -0.39 is 17.8 Å². The molecule has 7 nitrogen and oxygen atoms in total. The van der Waals surface area contributed by atoms with Gasteiger partial charge in [-0.1, -0.05) is 43.2 Å². The summed E-state index contributed by atoms with van der Waals surface area (Å²) in [4.78, 5) is 0. The molecular formula is C25H24F3N5O2. The summed E-state index contributed by atoms with van der Waals surface area (Å²) >= 11 is 0. The zero-order chi connectivity index (χ0) is 24.4. The predicted octanol–water partition coefficient (Wildman–Crippen LogP) is 5.10. The standard InChI is InChI=1S/C25H24F3N5O2/c26-25(27,28)17-10-11-18(22(14-17)35-15-16-6-2-1-3-7-16)23-20-12-13-29-33(20)24(32-31-23)30-19-8-4-5-9-21(19)34/h1-3,6-7,10-14,19,21,34H,4-5,8-9,15H2,(H,30,32)/t19-,21-/m1/s1. The van der Waals surface area contributed by atoms with Gasteiger partial charge in [0.05, 0.1) is 29.4 Å². The number of fused-ring (bicyclic) bond motifs is 1. The molecule has 2 atom stereocenters. The second kappa shape index (κ2) is 9.53. The number of aromatic nitrogens is 4. The van der Waals surface area contributed by atoms with Crippen LogP contribution in [0.3, 0.4) is 0 Å². The lowest BCUT2D eigenvalue weighted by atomic mass is 9.93. The fraction of sp³-hybridized carbons (Fsp3) is 0.320. The lowest BCUT2D eigenvalue weighted by molar-refractivity contribution is -0.137. The van der Waals surface area contributed by atoms with E-state index in [0.29, 0.717) is 29.1 Å². The summed E-state index contributed by atoms with van der Waals surface area (Å²) in [6, 6.07) is 14.1. The van der Waals surface area contributed by atoms with Crippen molar-refractivity contribution in [2.75, 3.05) is 5.32 Å². The van der Waals surface area contributed by atoms with Crippen LogP contribution in [0.2, 0.25) is 0 Å². The number of aliphatic hydroxyl groups is 1. The summed E-state index contributed by atoms with van der Waals surface area (Å²) in [5.41, 5.74) is 1.27. The number of ether oxygens (including phenoxy) is 1. The first-order chi connectivity index (χ1) is 16.9. The molecule has 2 aromatic carbocycles. The monoisotopic (exact) mass is 483 g/mol. The molecule has 35 heavy (non-hydrogen) atoms. The van der Waals surface area contributed by atoms with Crippen molar-refractivity contribution >= 4 is 11.5 Å². The van der Waals surface area contributed by atoms with Gasteiger partial charge in [-0.3, -0.25) is 0 Å². The second-order valence-electron chi connectivity index (χ2n) is 8.59. The summed E-state index contributed by atoms with van der Waals surface area (Å²) in [6.45, 7) is 0.0946. The number of hydrogen-bond acceptors (Lipinski definition) is 6. The van der Waals surface area contributed by atoms with Gasteiger partial charge in [0.15, 0.2) is 0 Å². The summed E-state index contributed by atoms with van der Waals surface area (Å²) in [5.74, 6) is 0.405. The van der Waals surface area contributed by atoms with Crippen molar-refractivity contribution < 1.29 is 23.0 Å². The van der Waals surface area contributed by atoms with E-state index in [1.807, 2.05) is 30.3 Å². The molecule has 2 N–H and O–H groups in total. The van der Waals surface area contributed by atoms with E-state index in [0.717, 1.165) is 37.0 Å². The van der Waals surface area contributed by atoms with Crippen LogP contribution in [0.5, 0.6) is 5.75 Å². The third-order valence-corrected chi connectivity index (χ3v) is 6.18. The molecule has 4 aromatic rings. The Labute approximate surface area is 199 Å².